The molecule has 3 aliphatic heterocycles. The highest BCUT2D eigenvalue weighted by atomic mass is 33.1. The Hall–Kier alpha value is -1.00. The summed E-state index contributed by atoms with van der Waals surface area (Å²) < 4.78 is 13.0. The molecule has 0 radical (unpaired) electrons. The van der Waals surface area contributed by atoms with Crippen molar-refractivity contribution in [1.29, 1.82) is 0 Å². The predicted molar refractivity (Wildman–Crippen MR) is 184 cm³/mol. The number of piperidine rings is 1. The normalized spacial score (nSPS) is 49.8. The van der Waals surface area contributed by atoms with E-state index in [1.165, 1.54) is 10.8 Å². The average molecular weight is 721 g/mol. The van der Waals surface area contributed by atoms with Crippen molar-refractivity contribution in [3.05, 3.63) is 23.5 Å². The van der Waals surface area contributed by atoms with Gasteiger partial charge >= 0.3 is 0 Å². The summed E-state index contributed by atoms with van der Waals surface area (Å²) in [4.78, 5) is 29.3. The van der Waals surface area contributed by atoms with Crippen molar-refractivity contribution in [2.24, 2.45) is 40.4 Å². The first kappa shape index (κ1) is 35.1. The molecule has 7 fully saturated rings. The lowest BCUT2D eigenvalue weighted by molar-refractivity contribution is -0.405. The quantitative estimate of drug-likeness (QED) is 0.197. The zero-order chi connectivity index (χ0) is 34.3. The third-order valence-corrected chi connectivity index (χ3v) is 16.5. The number of nitrogens with one attached hydrogen (secondary N) is 2. The van der Waals surface area contributed by atoms with E-state index < -0.39 is 71.5 Å². The molecule has 3 saturated heterocycles. The van der Waals surface area contributed by atoms with Gasteiger partial charge in [0.25, 0.3) is 0 Å². The van der Waals surface area contributed by atoms with Gasteiger partial charge in [0.1, 0.15) is 40.4 Å². The number of carbonyl (C=O) groups is 2. The summed E-state index contributed by atoms with van der Waals surface area (Å²) in [6.45, 7) is 2.05. The maximum absolute atomic E-state index is 14.9. The van der Waals surface area contributed by atoms with Gasteiger partial charge in [-0.05, 0) is 88.2 Å². The van der Waals surface area contributed by atoms with Crippen LogP contribution in [0, 0.1) is 40.4 Å². The smallest absolute Gasteiger partial charge is 0.187 e. The largest absolute Gasteiger partial charge is 0.511 e. The summed E-state index contributed by atoms with van der Waals surface area (Å²) in [7, 11) is 3.06. The van der Waals surface area contributed by atoms with Gasteiger partial charge in [-0.2, -0.15) is 0 Å². The van der Waals surface area contributed by atoms with E-state index in [0.29, 0.717) is 31.6 Å². The molecule has 4 saturated carbocycles. The monoisotopic (exact) mass is 720 g/mol. The van der Waals surface area contributed by atoms with E-state index in [2.05, 4.69) is 10.6 Å². The van der Waals surface area contributed by atoms with Gasteiger partial charge in [-0.25, -0.2) is 0 Å². The molecule has 0 aromatic rings. The highest BCUT2D eigenvalue weighted by Gasteiger charge is 2.72. The molecule has 0 aromatic heterocycles. The van der Waals surface area contributed by atoms with Crippen molar-refractivity contribution in [3.8, 4) is 0 Å². The minimum atomic E-state index is -2.03. The minimum absolute atomic E-state index is 0.0136. The fraction of sp³-hybridized carbons (Fsp3) is 0.833. The molecule has 272 valence electrons. The molecule has 8 rings (SSSR count). The fourth-order valence-corrected chi connectivity index (χ4v) is 14.2. The SMILES string of the molecule is CC1=CC2C(=O)C3CCCC4OC5OC6(CO)CCC(C7(CCCC7)C7CCNC(C7)NCSSCC2(C(=O)C43)C(O)=C1)C(O)(C5O)C6O. The van der Waals surface area contributed by atoms with Gasteiger partial charge in [-0.15, -0.1) is 0 Å². The van der Waals surface area contributed by atoms with Gasteiger partial charge in [0.2, 0.25) is 0 Å². The molecule has 13 heteroatoms. The van der Waals surface area contributed by atoms with Crippen LogP contribution < -0.4 is 10.6 Å². The van der Waals surface area contributed by atoms with Crippen molar-refractivity contribution >= 4 is 33.2 Å². The van der Waals surface area contributed by atoms with Crippen LogP contribution in [0.15, 0.2) is 23.5 Å². The Morgan fingerprint density at radius 2 is 1.82 bits per heavy atom. The highest BCUT2D eigenvalue weighted by molar-refractivity contribution is 8.76. The van der Waals surface area contributed by atoms with Gasteiger partial charge in [0.15, 0.2) is 12.1 Å². The molecule has 2 spiro atoms. The molecule has 0 aromatic carbocycles. The number of Topliss-reactive ketones (excluding diaryl/α,β-unsaturated/α-hetero) is 2. The number of aliphatic hydroxyl groups is 5. The van der Waals surface area contributed by atoms with E-state index in [4.69, 9.17) is 9.47 Å². The number of hydrogen-bond donors (Lipinski definition) is 7. The van der Waals surface area contributed by atoms with E-state index in [1.807, 2.05) is 13.0 Å². The van der Waals surface area contributed by atoms with Gasteiger partial charge in [-0.3, -0.25) is 14.9 Å². The first-order valence-electron chi connectivity index (χ1n) is 18.4. The Morgan fingerprint density at radius 1 is 1.02 bits per heavy atom. The van der Waals surface area contributed by atoms with E-state index >= 15 is 0 Å². The van der Waals surface area contributed by atoms with Crippen LogP contribution in [0.3, 0.4) is 0 Å². The number of hydrogen-bond acceptors (Lipinski definition) is 13. The van der Waals surface area contributed by atoms with Crippen LogP contribution in [-0.2, 0) is 19.1 Å². The molecule has 13 atom stereocenters. The molecular weight excluding hydrogens is 669 g/mol. The van der Waals surface area contributed by atoms with E-state index in [9.17, 15) is 35.1 Å². The zero-order valence-corrected chi connectivity index (χ0v) is 29.9. The third kappa shape index (κ3) is 5.07. The second-order valence-corrected chi connectivity index (χ2v) is 18.8. The first-order chi connectivity index (χ1) is 23.5. The maximum atomic E-state index is 14.9. The summed E-state index contributed by atoms with van der Waals surface area (Å²) in [6.07, 6.45) is 5.83. The van der Waals surface area contributed by atoms with Crippen molar-refractivity contribution < 1.29 is 44.6 Å². The van der Waals surface area contributed by atoms with Crippen molar-refractivity contribution in [3.63, 3.8) is 0 Å². The van der Waals surface area contributed by atoms with Crippen LogP contribution in [0.5, 0.6) is 0 Å². The molecule has 5 aliphatic carbocycles. The van der Waals surface area contributed by atoms with Crippen LogP contribution >= 0.6 is 21.6 Å². The van der Waals surface area contributed by atoms with E-state index in [-0.39, 0.29) is 47.0 Å². The molecule has 7 N–H and O–H groups in total. The molecule has 13 unspecified atom stereocenters. The Labute approximate surface area is 295 Å². The number of allylic oxidation sites excluding steroid dienone is 4. The summed E-state index contributed by atoms with van der Waals surface area (Å²) in [5, 5.41) is 66.7. The Morgan fingerprint density at radius 3 is 2.59 bits per heavy atom. The Bertz CT molecular complexity index is 1410. The molecular formula is C36H52N2O9S2. The van der Waals surface area contributed by atoms with Crippen molar-refractivity contribution in [2.75, 3.05) is 24.8 Å². The maximum Gasteiger partial charge on any atom is 0.187 e. The van der Waals surface area contributed by atoms with Crippen LogP contribution in [0.25, 0.3) is 0 Å². The zero-order valence-electron chi connectivity index (χ0n) is 28.2. The second-order valence-electron chi connectivity index (χ2n) is 16.3. The molecule has 49 heavy (non-hydrogen) atoms. The topological polar surface area (TPSA) is 178 Å². The van der Waals surface area contributed by atoms with E-state index in [0.717, 1.165) is 50.6 Å². The molecule has 8 aliphatic rings. The lowest BCUT2D eigenvalue weighted by atomic mass is 9.50. The Kier molecular flexibility index (Phi) is 9.19. The molecule has 7 bridgehead atoms. The summed E-state index contributed by atoms with van der Waals surface area (Å²) >= 11 is 0. The number of ether oxygens (including phenoxy) is 2. The lowest BCUT2D eigenvalue weighted by Crippen LogP contribution is -2.79. The molecule has 11 nitrogen and oxygen atoms in total. The summed E-state index contributed by atoms with van der Waals surface area (Å²) in [6, 6.07) is 0. The predicted octanol–water partition coefficient (Wildman–Crippen LogP) is 2.72. The number of rotatable bonds is 1. The average Bonchev–Trinajstić information content (AvgIpc) is 3.59. The van der Waals surface area contributed by atoms with Gasteiger partial charge < -0.3 is 40.3 Å². The third-order valence-electron chi connectivity index (χ3n) is 14.2. The van der Waals surface area contributed by atoms with Crippen molar-refractivity contribution in [1.82, 2.24) is 10.6 Å². The van der Waals surface area contributed by atoms with Crippen LogP contribution in [0.2, 0.25) is 0 Å². The summed E-state index contributed by atoms with van der Waals surface area (Å²) in [5.41, 5.74) is -4.61. The molecule has 3 heterocycles. The highest BCUT2D eigenvalue weighted by Crippen LogP contribution is 2.63. The van der Waals surface area contributed by atoms with E-state index in [1.54, 1.807) is 16.9 Å². The van der Waals surface area contributed by atoms with Gasteiger partial charge in [0.05, 0.1) is 36.6 Å². The summed E-state index contributed by atoms with van der Waals surface area (Å²) in [5.74, 6) is -2.14. The number of ketones is 2. The number of fused-ring (bicyclic) bond motifs is 6. The first-order valence-corrected chi connectivity index (χ1v) is 20.9. The van der Waals surface area contributed by atoms with Gasteiger partial charge in [0, 0.05) is 11.7 Å². The standard InChI is InChI=1S/C36H52N2O9S2/c1-19-13-22-28(41)21-5-4-6-23-27(21)29(42)35(22,25(40)14-19)17-48-49-18-38-26-15-20(8-12-37-26)33(9-2-3-10-33)24-7-11-34(16-39)32(44)36(24,45)30(43)31(46-23)47-34/h13-14,20-24,26-27,30-32,37-40,43-45H,2-12,15-18H2,1H3. The number of carbonyl (C=O) groups excluding carboxylic acids is 2. The lowest BCUT2D eigenvalue weighted by Gasteiger charge is -2.64. The minimum Gasteiger partial charge on any atom is -0.511 e. The number of aliphatic hydroxyl groups excluding tert-OH is 4. The van der Waals surface area contributed by atoms with Crippen LogP contribution in [0.4, 0.5) is 0 Å². The fourth-order valence-electron chi connectivity index (χ4n) is 11.9. The molecule has 0 amide bonds. The Balaban J connectivity index is 1.22. The van der Waals surface area contributed by atoms with Crippen LogP contribution in [-0.4, -0.2) is 104 Å². The van der Waals surface area contributed by atoms with Gasteiger partial charge in [-0.1, -0.05) is 52.5 Å². The second kappa shape index (κ2) is 12.8. The van der Waals surface area contributed by atoms with Crippen molar-refractivity contribution in [2.45, 2.75) is 120 Å². The van der Waals surface area contributed by atoms with Crippen LogP contribution in [0.1, 0.15) is 77.6 Å².